The quantitative estimate of drug-likeness (QED) is 0.683. The fourth-order valence-electron chi connectivity index (χ4n) is 2.34. The monoisotopic (exact) mass is 335 g/mol. The van der Waals surface area contributed by atoms with E-state index in [-0.39, 0.29) is 5.82 Å². The van der Waals surface area contributed by atoms with Gasteiger partial charge in [0.2, 0.25) is 0 Å². The van der Waals surface area contributed by atoms with Gasteiger partial charge in [-0.25, -0.2) is 4.39 Å². The lowest BCUT2D eigenvalue weighted by Crippen LogP contribution is -2.29. The number of halogens is 2. The molecule has 0 N–H and O–H groups in total. The predicted molar refractivity (Wildman–Crippen MR) is 87.3 cm³/mol. The molecule has 0 radical (unpaired) electrons. The van der Waals surface area contributed by atoms with Crippen LogP contribution in [0.4, 0.5) is 10.1 Å². The second-order valence-corrected chi connectivity index (χ2v) is 5.40. The molecule has 2 rings (SSSR count). The molecule has 0 aliphatic rings. The molecule has 0 aliphatic heterocycles. The summed E-state index contributed by atoms with van der Waals surface area (Å²) in [7, 11) is 0. The van der Waals surface area contributed by atoms with Crippen LogP contribution < -0.4 is 4.90 Å². The van der Waals surface area contributed by atoms with Crippen molar-refractivity contribution in [2.24, 2.45) is 0 Å². The van der Waals surface area contributed by atoms with Crippen LogP contribution in [0, 0.1) is 5.82 Å². The molecule has 2 aromatic rings. The van der Waals surface area contributed by atoms with Crippen LogP contribution in [-0.2, 0) is 0 Å². The van der Waals surface area contributed by atoms with Gasteiger partial charge >= 0.3 is 0 Å². The first-order chi connectivity index (χ1) is 9.76. The predicted octanol–water partition coefficient (Wildman–Crippen LogP) is 4.83. The molecule has 1 unspecified atom stereocenters. The summed E-state index contributed by atoms with van der Waals surface area (Å²) >= 11 is 3.58. The maximum absolute atomic E-state index is 13.9. The lowest BCUT2D eigenvalue weighted by Gasteiger charge is -2.28. The number of rotatable bonds is 6. The van der Waals surface area contributed by atoms with E-state index < -0.39 is 0 Å². The van der Waals surface area contributed by atoms with E-state index in [1.54, 1.807) is 6.07 Å². The number of hydrogen-bond donors (Lipinski definition) is 0. The molecule has 0 aromatic heterocycles. The van der Waals surface area contributed by atoms with Crippen LogP contribution in [0.15, 0.2) is 54.6 Å². The number of benzene rings is 2. The van der Waals surface area contributed by atoms with Gasteiger partial charge in [-0.2, -0.15) is 0 Å². The SMILES string of the molecule is CCN(CC(CBr)c1ccccc1)c1ccccc1F. The maximum atomic E-state index is 13.9. The van der Waals surface area contributed by atoms with E-state index in [0.29, 0.717) is 11.6 Å². The third kappa shape index (κ3) is 3.60. The molecular weight excluding hydrogens is 317 g/mol. The van der Waals surface area contributed by atoms with E-state index in [1.165, 1.54) is 11.6 Å². The van der Waals surface area contributed by atoms with Gasteiger partial charge in [0.1, 0.15) is 5.82 Å². The topological polar surface area (TPSA) is 3.24 Å². The van der Waals surface area contributed by atoms with E-state index >= 15 is 0 Å². The van der Waals surface area contributed by atoms with Crippen molar-refractivity contribution in [1.29, 1.82) is 0 Å². The molecule has 0 saturated heterocycles. The third-order valence-electron chi connectivity index (χ3n) is 3.47. The molecule has 0 spiro atoms. The molecule has 3 heteroatoms. The van der Waals surface area contributed by atoms with Crippen molar-refractivity contribution in [1.82, 2.24) is 0 Å². The molecule has 0 aliphatic carbocycles. The number of nitrogens with zero attached hydrogens (tertiary/aromatic N) is 1. The van der Waals surface area contributed by atoms with Gasteiger partial charge in [0, 0.05) is 24.3 Å². The molecule has 2 aromatic carbocycles. The van der Waals surface area contributed by atoms with Gasteiger partial charge in [-0.05, 0) is 24.6 Å². The largest absolute Gasteiger partial charge is 0.369 e. The summed E-state index contributed by atoms with van der Waals surface area (Å²) in [5.74, 6) is 0.187. The second-order valence-electron chi connectivity index (χ2n) is 4.75. The highest BCUT2D eigenvalue weighted by Gasteiger charge is 2.16. The first-order valence-electron chi connectivity index (χ1n) is 6.86. The van der Waals surface area contributed by atoms with E-state index in [2.05, 4.69) is 39.9 Å². The van der Waals surface area contributed by atoms with Crippen LogP contribution in [-0.4, -0.2) is 18.4 Å². The van der Waals surface area contributed by atoms with Gasteiger partial charge in [-0.3, -0.25) is 0 Å². The standard InChI is InChI=1S/C17H19BrFN/c1-2-20(17-11-7-6-10-16(17)19)13-15(12-18)14-8-4-3-5-9-14/h3-11,15H,2,12-13H2,1H3. The van der Waals surface area contributed by atoms with E-state index in [0.717, 1.165) is 18.4 Å². The molecule has 0 saturated carbocycles. The number of hydrogen-bond acceptors (Lipinski definition) is 1. The molecule has 0 heterocycles. The molecule has 20 heavy (non-hydrogen) atoms. The van der Waals surface area contributed by atoms with Crippen molar-refractivity contribution in [2.75, 3.05) is 23.3 Å². The number of para-hydroxylation sites is 1. The van der Waals surface area contributed by atoms with Gasteiger partial charge in [-0.1, -0.05) is 58.4 Å². The Morgan fingerprint density at radius 2 is 1.70 bits per heavy atom. The number of likely N-dealkylation sites (N-methyl/N-ethyl adjacent to an activating group) is 1. The summed E-state index contributed by atoms with van der Waals surface area (Å²) in [6, 6.07) is 17.3. The van der Waals surface area contributed by atoms with Crippen molar-refractivity contribution in [3.8, 4) is 0 Å². The van der Waals surface area contributed by atoms with Crippen LogP contribution in [0.5, 0.6) is 0 Å². The zero-order chi connectivity index (χ0) is 14.4. The van der Waals surface area contributed by atoms with E-state index in [1.807, 2.05) is 30.3 Å². The van der Waals surface area contributed by atoms with E-state index in [9.17, 15) is 4.39 Å². The summed E-state index contributed by atoms with van der Waals surface area (Å²) in [6.07, 6.45) is 0. The highest BCUT2D eigenvalue weighted by atomic mass is 79.9. The van der Waals surface area contributed by atoms with Gasteiger partial charge < -0.3 is 4.90 Å². The van der Waals surface area contributed by atoms with Gasteiger partial charge in [0.05, 0.1) is 5.69 Å². The smallest absolute Gasteiger partial charge is 0.146 e. The fourth-order valence-corrected chi connectivity index (χ4v) is 2.92. The number of anilines is 1. The Hall–Kier alpha value is -1.35. The molecule has 0 amide bonds. The Kier molecular flexibility index (Phi) is 5.60. The molecule has 1 nitrogen and oxygen atoms in total. The third-order valence-corrected chi connectivity index (χ3v) is 4.25. The lowest BCUT2D eigenvalue weighted by atomic mass is 10.0. The maximum Gasteiger partial charge on any atom is 0.146 e. The Labute approximate surface area is 128 Å². The van der Waals surface area contributed by atoms with Crippen LogP contribution in [0.3, 0.4) is 0 Å². The Balaban J connectivity index is 2.19. The first-order valence-corrected chi connectivity index (χ1v) is 7.98. The first kappa shape index (κ1) is 15.0. The molecule has 106 valence electrons. The fraction of sp³-hybridized carbons (Fsp3) is 0.294. The minimum Gasteiger partial charge on any atom is -0.369 e. The lowest BCUT2D eigenvalue weighted by molar-refractivity contribution is 0.611. The Bertz CT molecular complexity index is 530. The highest BCUT2D eigenvalue weighted by Crippen LogP contribution is 2.24. The number of alkyl halides is 1. The zero-order valence-electron chi connectivity index (χ0n) is 11.6. The van der Waals surface area contributed by atoms with E-state index in [4.69, 9.17) is 0 Å². The molecular formula is C17H19BrFN. The van der Waals surface area contributed by atoms with Gasteiger partial charge in [0.25, 0.3) is 0 Å². The minimum atomic E-state index is -0.157. The molecule has 0 fully saturated rings. The molecule has 1 atom stereocenters. The summed E-state index contributed by atoms with van der Waals surface area (Å²) < 4.78 is 13.9. The summed E-state index contributed by atoms with van der Waals surface area (Å²) in [6.45, 7) is 3.65. The normalized spacial score (nSPS) is 12.2. The zero-order valence-corrected chi connectivity index (χ0v) is 13.2. The summed E-state index contributed by atoms with van der Waals surface area (Å²) in [5.41, 5.74) is 1.95. The highest BCUT2D eigenvalue weighted by molar-refractivity contribution is 9.09. The average molecular weight is 336 g/mol. The van der Waals surface area contributed by atoms with Crippen molar-refractivity contribution >= 4 is 21.6 Å². The van der Waals surface area contributed by atoms with Crippen molar-refractivity contribution in [2.45, 2.75) is 12.8 Å². The van der Waals surface area contributed by atoms with Crippen LogP contribution in [0.25, 0.3) is 0 Å². The minimum absolute atomic E-state index is 0.157. The van der Waals surface area contributed by atoms with Crippen molar-refractivity contribution in [3.05, 3.63) is 66.0 Å². The second kappa shape index (κ2) is 7.44. The summed E-state index contributed by atoms with van der Waals surface area (Å²) in [5, 5.41) is 0.863. The van der Waals surface area contributed by atoms with Crippen molar-refractivity contribution in [3.63, 3.8) is 0 Å². The Morgan fingerprint density at radius 1 is 1.05 bits per heavy atom. The Morgan fingerprint density at radius 3 is 2.30 bits per heavy atom. The van der Waals surface area contributed by atoms with Gasteiger partial charge in [-0.15, -0.1) is 0 Å². The van der Waals surface area contributed by atoms with Crippen LogP contribution in [0.1, 0.15) is 18.4 Å². The van der Waals surface area contributed by atoms with Crippen molar-refractivity contribution < 1.29 is 4.39 Å². The average Bonchev–Trinajstić information content (AvgIpc) is 2.50. The molecule has 0 bridgehead atoms. The summed E-state index contributed by atoms with van der Waals surface area (Å²) in [4.78, 5) is 2.09. The van der Waals surface area contributed by atoms with Crippen LogP contribution >= 0.6 is 15.9 Å². The van der Waals surface area contributed by atoms with Crippen LogP contribution in [0.2, 0.25) is 0 Å². The van der Waals surface area contributed by atoms with Gasteiger partial charge in [0.15, 0.2) is 0 Å².